The molecule has 0 aliphatic carbocycles. The van der Waals surface area contributed by atoms with Crippen LogP contribution in [0.25, 0.3) is 0 Å². The lowest BCUT2D eigenvalue weighted by Crippen LogP contribution is -2.11. The molecule has 0 saturated heterocycles. The molecule has 15 heavy (non-hydrogen) atoms. The fraction of sp³-hybridized carbons (Fsp3) is 0.700. The Morgan fingerprint density at radius 3 is 2.07 bits per heavy atom. The van der Waals surface area contributed by atoms with Crippen molar-refractivity contribution < 1.29 is 20.0 Å². The Hall–Kier alpha value is -0.910. The van der Waals surface area contributed by atoms with Crippen molar-refractivity contribution in [1.29, 1.82) is 0 Å². The zero-order valence-corrected chi connectivity index (χ0v) is 9.99. The van der Waals surface area contributed by atoms with Crippen molar-refractivity contribution in [2.24, 2.45) is 5.73 Å². The Kier molecular flexibility index (Phi) is 24.6. The lowest BCUT2D eigenvalue weighted by Gasteiger charge is -1.92. The van der Waals surface area contributed by atoms with Crippen LogP contribution in [0.3, 0.4) is 0 Å². The molecular weight excluding hydrogens is 198 g/mol. The molecule has 5 heteroatoms. The molecule has 5 nitrogen and oxygen atoms in total. The summed E-state index contributed by atoms with van der Waals surface area (Å²) in [5, 5.41) is 12.0. The fourth-order valence-electron chi connectivity index (χ4n) is 0.623. The van der Waals surface area contributed by atoms with Gasteiger partial charge in [-0.1, -0.05) is 25.8 Å². The van der Waals surface area contributed by atoms with Gasteiger partial charge in [-0.15, -0.1) is 0 Å². The lowest BCUT2D eigenvalue weighted by molar-refractivity contribution is -0.176. The largest absolute Gasteiger partial charge is 0.388 e. The minimum Gasteiger partial charge on any atom is -0.388 e. The monoisotopic (exact) mass is 221 g/mol. The van der Waals surface area contributed by atoms with Crippen LogP contribution < -0.4 is 5.73 Å². The van der Waals surface area contributed by atoms with Gasteiger partial charge in [0.25, 0.3) is 0 Å². The second-order valence-electron chi connectivity index (χ2n) is 2.80. The molecule has 0 fully saturated rings. The zero-order chi connectivity index (χ0) is 12.7. The van der Waals surface area contributed by atoms with E-state index in [-0.39, 0.29) is 5.91 Å². The first-order valence-electron chi connectivity index (χ1n) is 4.66. The van der Waals surface area contributed by atoms with Crippen LogP contribution in [0.5, 0.6) is 0 Å². The van der Waals surface area contributed by atoms with Crippen LogP contribution in [0.1, 0.15) is 33.1 Å². The van der Waals surface area contributed by atoms with Crippen molar-refractivity contribution in [3.63, 3.8) is 0 Å². The highest BCUT2D eigenvalue weighted by molar-refractivity contribution is 5.91. The Balaban J connectivity index is -0.000000245. The molecule has 0 aliphatic heterocycles. The number of methoxy groups -OCH3 is 1. The van der Waals surface area contributed by atoms with Gasteiger partial charge in [-0.3, -0.25) is 15.3 Å². The maximum absolute atomic E-state index is 10.4. The van der Waals surface area contributed by atoms with Crippen LogP contribution in [0.15, 0.2) is 11.6 Å². The molecule has 1 amide bonds. The Labute approximate surface area is 91.5 Å². The van der Waals surface area contributed by atoms with Gasteiger partial charge < -0.3 is 10.5 Å². The maximum atomic E-state index is 10.4. The lowest BCUT2D eigenvalue weighted by atomic mass is 10.2. The van der Waals surface area contributed by atoms with Gasteiger partial charge in [0.2, 0.25) is 5.91 Å². The van der Waals surface area contributed by atoms with E-state index in [9.17, 15) is 4.79 Å². The van der Waals surface area contributed by atoms with E-state index in [1.165, 1.54) is 0 Å². The SMILES string of the molecule is CCCCC=C(C)C(N)=O.COC.OO. The predicted molar refractivity (Wildman–Crippen MR) is 60.7 cm³/mol. The molecule has 0 unspecified atom stereocenters. The molecule has 0 saturated carbocycles. The summed E-state index contributed by atoms with van der Waals surface area (Å²) in [5.74, 6) is -0.309. The molecule has 0 aliphatic rings. The van der Waals surface area contributed by atoms with E-state index >= 15 is 0 Å². The van der Waals surface area contributed by atoms with Gasteiger partial charge in [-0.05, 0) is 13.3 Å². The molecule has 92 valence electrons. The van der Waals surface area contributed by atoms with Gasteiger partial charge >= 0.3 is 0 Å². The average molecular weight is 221 g/mol. The van der Waals surface area contributed by atoms with Gasteiger partial charge in [-0.2, -0.15) is 0 Å². The summed E-state index contributed by atoms with van der Waals surface area (Å²) in [7, 11) is 3.25. The predicted octanol–water partition coefficient (Wildman–Crippen LogP) is 1.89. The van der Waals surface area contributed by atoms with Gasteiger partial charge in [0.05, 0.1) is 0 Å². The van der Waals surface area contributed by atoms with Crippen LogP contribution >= 0.6 is 0 Å². The van der Waals surface area contributed by atoms with E-state index in [1.54, 1.807) is 21.1 Å². The number of amides is 1. The van der Waals surface area contributed by atoms with E-state index in [2.05, 4.69) is 11.7 Å². The topological polar surface area (TPSA) is 92.8 Å². The van der Waals surface area contributed by atoms with Crippen LogP contribution in [-0.4, -0.2) is 30.6 Å². The highest BCUT2D eigenvalue weighted by Gasteiger charge is 1.93. The molecule has 0 aromatic carbocycles. The number of nitrogens with two attached hydrogens (primary N) is 1. The molecule has 0 spiro atoms. The molecule has 0 radical (unpaired) electrons. The third-order valence-electron chi connectivity index (χ3n) is 1.40. The molecule has 4 N–H and O–H groups in total. The first kappa shape index (κ1) is 19.6. The van der Waals surface area contributed by atoms with Gasteiger partial charge in [0, 0.05) is 19.8 Å². The van der Waals surface area contributed by atoms with Crippen molar-refractivity contribution >= 4 is 5.91 Å². The van der Waals surface area contributed by atoms with Crippen LogP contribution in [-0.2, 0) is 9.53 Å². The zero-order valence-electron chi connectivity index (χ0n) is 9.99. The normalized spacial score (nSPS) is 9.33. The van der Waals surface area contributed by atoms with Crippen molar-refractivity contribution in [3.8, 4) is 0 Å². The van der Waals surface area contributed by atoms with Crippen LogP contribution in [0.4, 0.5) is 0 Å². The number of ether oxygens (including phenoxy) is 1. The number of rotatable bonds is 4. The van der Waals surface area contributed by atoms with Gasteiger partial charge in [-0.25, -0.2) is 0 Å². The Morgan fingerprint density at radius 1 is 1.40 bits per heavy atom. The Morgan fingerprint density at radius 2 is 1.80 bits per heavy atom. The number of primary amides is 1. The van der Waals surface area contributed by atoms with Crippen molar-refractivity contribution in [2.45, 2.75) is 33.1 Å². The van der Waals surface area contributed by atoms with E-state index in [0.29, 0.717) is 5.57 Å². The number of hydrogen-bond acceptors (Lipinski definition) is 4. The average Bonchev–Trinajstić information content (AvgIpc) is 2.22. The second-order valence-corrected chi connectivity index (χ2v) is 2.80. The smallest absolute Gasteiger partial charge is 0.244 e. The molecule has 0 aromatic heterocycles. The van der Waals surface area contributed by atoms with Crippen molar-refractivity contribution in [1.82, 2.24) is 0 Å². The number of carbonyl (C=O) groups is 1. The summed E-state index contributed by atoms with van der Waals surface area (Å²) in [5.41, 5.74) is 5.69. The standard InChI is InChI=1S/C8H15NO.C2H6O.H2O2/c1-3-4-5-6-7(2)8(9)10;1-3-2;1-2/h6H,3-5H2,1-2H3,(H2,9,10);1-2H3;1-2H. The summed E-state index contributed by atoms with van der Waals surface area (Å²) in [4.78, 5) is 10.4. The van der Waals surface area contributed by atoms with Crippen molar-refractivity contribution in [3.05, 3.63) is 11.6 Å². The number of carbonyl (C=O) groups excluding carboxylic acids is 1. The summed E-state index contributed by atoms with van der Waals surface area (Å²) in [6.07, 6.45) is 5.14. The Bertz CT molecular complexity index is 158. The van der Waals surface area contributed by atoms with Crippen molar-refractivity contribution in [2.75, 3.05) is 14.2 Å². The minimum absolute atomic E-state index is 0.309. The summed E-state index contributed by atoms with van der Waals surface area (Å²) < 4.78 is 4.25. The molecule has 0 bridgehead atoms. The highest BCUT2D eigenvalue weighted by atomic mass is 17.0. The number of allylic oxidation sites excluding steroid dienone is 1. The highest BCUT2D eigenvalue weighted by Crippen LogP contribution is 1.99. The summed E-state index contributed by atoms with van der Waals surface area (Å²) in [6, 6.07) is 0. The maximum Gasteiger partial charge on any atom is 0.244 e. The van der Waals surface area contributed by atoms with Gasteiger partial charge in [0.15, 0.2) is 0 Å². The first-order chi connectivity index (χ1) is 7.09. The third kappa shape index (κ3) is 24.6. The summed E-state index contributed by atoms with van der Waals surface area (Å²) >= 11 is 0. The van der Waals surface area contributed by atoms with Crippen LogP contribution in [0.2, 0.25) is 0 Å². The molecule has 0 atom stereocenters. The minimum atomic E-state index is -0.309. The fourth-order valence-corrected chi connectivity index (χ4v) is 0.623. The molecular formula is C10H23NO4. The third-order valence-corrected chi connectivity index (χ3v) is 1.40. The number of hydrogen-bond donors (Lipinski definition) is 3. The van der Waals surface area contributed by atoms with E-state index in [1.807, 2.05) is 6.08 Å². The first-order valence-corrected chi connectivity index (χ1v) is 4.66. The quantitative estimate of drug-likeness (QED) is 0.292. The number of unbranched alkanes of at least 4 members (excludes halogenated alkanes) is 2. The van der Waals surface area contributed by atoms with E-state index in [0.717, 1.165) is 19.3 Å². The molecule has 0 heterocycles. The molecule has 0 aromatic rings. The molecule has 0 rings (SSSR count). The van der Waals surface area contributed by atoms with E-state index in [4.69, 9.17) is 16.2 Å². The summed E-state index contributed by atoms with van der Waals surface area (Å²) in [6.45, 7) is 3.87. The van der Waals surface area contributed by atoms with Crippen LogP contribution in [0, 0.1) is 0 Å². The second kappa shape index (κ2) is 18.8. The van der Waals surface area contributed by atoms with E-state index < -0.39 is 0 Å². The van der Waals surface area contributed by atoms with Gasteiger partial charge in [0.1, 0.15) is 0 Å².